The number of fused-ring (bicyclic) bond motifs is 1. The molecule has 1 aromatic heterocycles. The number of benzene rings is 1. The van der Waals surface area contributed by atoms with E-state index in [1.807, 2.05) is 6.07 Å². The summed E-state index contributed by atoms with van der Waals surface area (Å²) < 4.78 is 0. The summed E-state index contributed by atoms with van der Waals surface area (Å²) in [7, 11) is 0. The Morgan fingerprint density at radius 3 is 2.93 bits per heavy atom. The van der Waals surface area contributed by atoms with Gasteiger partial charge in [0.2, 0.25) is 0 Å². The molecule has 0 bridgehead atoms. The SMILES string of the molecule is N#CCc1ccc(CO)c2nc[nH]c12. The molecule has 0 amide bonds. The van der Waals surface area contributed by atoms with E-state index in [0.717, 1.165) is 22.2 Å². The number of rotatable bonds is 2. The zero-order valence-electron chi connectivity index (χ0n) is 7.49. The first-order valence-electron chi connectivity index (χ1n) is 4.28. The number of aliphatic hydroxyl groups is 1. The van der Waals surface area contributed by atoms with Crippen LogP contribution in [0, 0.1) is 11.3 Å². The third kappa shape index (κ3) is 1.24. The maximum absolute atomic E-state index is 9.06. The van der Waals surface area contributed by atoms with Gasteiger partial charge in [0.1, 0.15) is 0 Å². The Kier molecular flexibility index (Phi) is 2.17. The molecule has 0 aliphatic rings. The van der Waals surface area contributed by atoms with Gasteiger partial charge in [-0.3, -0.25) is 0 Å². The van der Waals surface area contributed by atoms with E-state index in [2.05, 4.69) is 16.0 Å². The molecule has 4 heteroatoms. The Labute approximate surface area is 80.8 Å². The fourth-order valence-corrected chi connectivity index (χ4v) is 1.51. The second-order valence-corrected chi connectivity index (χ2v) is 3.00. The van der Waals surface area contributed by atoms with E-state index in [1.165, 1.54) is 0 Å². The largest absolute Gasteiger partial charge is 0.392 e. The van der Waals surface area contributed by atoms with Gasteiger partial charge >= 0.3 is 0 Å². The predicted molar refractivity (Wildman–Crippen MR) is 51.3 cm³/mol. The summed E-state index contributed by atoms with van der Waals surface area (Å²) in [6.45, 7) is -0.0335. The molecule has 0 unspecified atom stereocenters. The monoisotopic (exact) mass is 187 g/mol. The lowest BCUT2D eigenvalue weighted by molar-refractivity contribution is 0.283. The molecule has 1 heterocycles. The summed E-state index contributed by atoms with van der Waals surface area (Å²) in [4.78, 5) is 7.08. The van der Waals surface area contributed by atoms with Gasteiger partial charge in [-0.15, -0.1) is 0 Å². The van der Waals surface area contributed by atoms with E-state index in [1.54, 1.807) is 12.4 Å². The highest BCUT2D eigenvalue weighted by molar-refractivity contribution is 5.81. The minimum Gasteiger partial charge on any atom is -0.392 e. The van der Waals surface area contributed by atoms with Crippen molar-refractivity contribution in [1.82, 2.24) is 9.97 Å². The summed E-state index contributed by atoms with van der Waals surface area (Å²) in [5.74, 6) is 0. The van der Waals surface area contributed by atoms with Crippen LogP contribution in [0.4, 0.5) is 0 Å². The number of nitrogens with zero attached hydrogens (tertiary/aromatic N) is 2. The van der Waals surface area contributed by atoms with Crippen molar-refractivity contribution < 1.29 is 5.11 Å². The topological polar surface area (TPSA) is 72.7 Å². The van der Waals surface area contributed by atoms with Gasteiger partial charge in [0, 0.05) is 5.56 Å². The first-order chi connectivity index (χ1) is 6.86. The van der Waals surface area contributed by atoms with Crippen LogP contribution in [-0.4, -0.2) is 15.1 Å². The van der Waals surface area contributed by atoms with E-state index < -0.39 is 0 Å². The lowest BCUT2D eigenvalue weighted by Gasteiger charge is -2.01. The Morgan fingerprint density at radius 1 is 1.43 bits per heavy atom. The number of nitriles is 1. The van der Waals surface area contributed by atoms with Crippen LogP contribution in [-0.2, 0) is 13.0 Å². The van der Waals surface area contributed by atoms with Gasteiger partial charge in [0.15, 0.2) is 0 Å². The molecule has 2 N–H and O–H groups in total. The van der Waals surface area contributed by atoms with E-state index in [9.17, 15) is 0 Å². The molecule has 70 valence electrons. The van der Waals surface area contributed by atoms with Gasteiger partial charge in [0.25, 0.3) is 0 Å². The van der Waals surface area contributed by atoms with Crippen LogP contribution < -0.4 is 0 Å². The molecule has 0 radical (unpaired) electrons. The minimum atomic E-state index is -0.0335. The van der Waals surface area contributed by atoms with Crippen molar-refractivity contribution >= 4 is 11.0 Å². The van der Waals surface area contributed by atoms with Crippen LogP contribution >= 0.6 is 0 Å². The number of aliphatic hydroxyl groups excluding tert-OH is 1. The molecule has 0 aliphatic heterocycles. The molecule has 0 saturated heterocycles. The number of hydrogen-bond acceptors (Lipinski definition) is 3. The Balaban J connectivity index is 2.67. The van der Waals surface area contributed by atoms with Crippen LogP contribution in [0.3, 0.4) is 0 Å². The summed E-state index contributed by atoms with van der Waals surface area (Å²) in [6.07, 6.45) is 1.93. The Bertz CT molecular complexity index is 496. The molecular weight excluding hydrogens is 178 g/mol. The number of H-pyrrole nitrogens is 1. The summed E-state index contributed by atoms with van der Waals surface area (Å²) in [6, 6.07) is 5.74. The van der Waals surface area contributed by atoms with Gasteiger partial charge in [-0.1, -0.05) is 12.1 Å². The summed E-state index contributed by atoms with van der Waals surface area (Å²) in [5, 5.41) is 17.7. The maximum Gasteiger partial charge on any atom is 0.0940 e. The van der Waals surface area contributed by atoms with Crippen molar-refractivity contribution in [3.8, 4) is 6.07 Å². The highest BCUT2D eigenvalue weighted by Gasteiger charge is 2.06. The second-order valence-electron chi connectivity index (χ2n) is 3.00. The average Bonchev–Trinajstić information content (AvgIpc) is 2.67. The zero-order chi connectivity index (χ0) is 9.97. The molecule has 0 atom stereocenters. The molecule has 0 spiro atoms. The quantitative estimate of drug-likeness (QED) is 0.739. The molecule has 0 aliphatic carbocycles. The summed E-state index contributed by atoms with van der Waals surface area (Å²) >= 11 is 0. The second kappa shape index (κ2) is 3.48. The fraction of sp³-hybridized carbons (Fsp3) is 0.200. The van der Waals surface area contributed by atoms with Crippen molar-refractivity contribution in [3.63, 3.8) is 0 Å². The van der Waals surface area contributed by atoms with Crippen molar-refractivity contribution in [2.24, 2.45) is 0 Å². The van der Waals surface area contributed by atoms with Crippen molar-refractivity contribution in [2.75, 3.05) is 0 Å². The molecule has 4 nitrogen and oxygen atoms in total. The number of aromatic nitrogens is 2. The first-order valence-corrected chi connectivity index (χ1v) is 4.28. The molecule has 0 fully saturated rings. The number of nitrogens with one attached hydrogen (secondary N) is 1. The minimum absolute atomic E-state index is 0.0335. The number of aromatic amines is 1. The van der Waals surface area contributed by atoms with E-state index in [4.69, 9.17) is 10.4 Å². The van der Waals surface area contributed by atoms with Crippen molar-refractivity contribution in [2.45, 2.75) is 13.0 Å². The van der Waals surface area contributed by atoms with Crippen LogP contribution in [0.25, 0.3) is 11.0 Å². The average molecular weight is 187 g/mol. The standard InChI is InChI=1S/C10H9N3O/c11-4-3-7-1-2-8(5-14)10-9(7)12-6-13-10/h1-2,6,14H,3,5H2,(H,12,13). The molecule has 2 rings (SSSR count). The maximum atomic E-state index is 9.06. The molecule has 14 heavy (non-hydrogen) atoms. The number of imidazole rings is 1. The highest BCUT2D eigenvalue weighted by Crippen LogP contribution is 2.19. The van der Waals surface area contributed by atoms with Gasteiger partial charge in [-0.2, -0.15) is 5.26 Å². The van der Waals surface area contributed by atoms with Gasteiger partial charge in [-0.05, 0) is 5.56 Å². The fourth-order valence-electron chi connectivity index (χ4n) is 1.51. The van der Waals surface area contributed by atoms with Gasteiger partial charge < -0.3 is 10.1 Å². The van der Waals surface area contributed by atoms with Crippen LogP contribution in [0.2, 0.25) is 0 Å². The summed E-state index contributed by atoms with van der Waals surface area (Å²) in [5.41, 5.74) is 3.29. The molecule has 1 aromatic carbocycles. The van der Waals surface area contributed by atoms with Crippen LogP contribution in [0.5, 0.6) is 0 Å². The normalized spacial score (nSPS) is 10.3. The smallest absolute Gasteiger partial charge is 0.0940 e. The van der Waals surface area contributed by atoms with Crippen molar-refractivity contribution in [3.05, 3.63) is 29.6 Å². The molecule has 0 saturated carbocycles. The Hall–Kier alpha value is -1.86. The van der Waals surface area contributed by atoms with Gasteiger partial charge in [0.05, 0.1) is 36.5 Å². The number of hydrogen-bond donors (Lipinski definition) is 2. The van der Waals surface area contributed by atoms with E-state index >= 15 is 0 Å². The lowest BCUT2D eigenvalue weighted by atomic mass is 10.1. The third-order valence-corrected chi connectivity index (χ3v) is 2.19. The molecular formula is C10H9N3O. The van der Waals surface area contributed by atoms with Crippen LogP contribution in [0.15, 0.2) is 18.5 Å². The zero-order valence-corrected chi connectivity index (χ0v) is 7.49. The first kappa shape index (κ1) is 8.73. The van der Waals surface area contributed by atoms with Crippen molar-refractivity contribution in [1.29, 1.82) is 5.26 Å². The van der Waals surface area contributed by atoms with E-state index in [0.29, 0.717) is 6.42 Å². The predicted octanol–water partition coefficient (Wildman–Crippen LogP) is 1.12. The van der Waals surface area contributed by atoms with E-state index in [-0.39, 0.29) is 6.61 Å². The Morgan fingerprint density at radius 2 is 2.21 bits per heavy atom. The lowest BCUT2D eigenvalue weighted by Crippen LogP contribution is -1.90. The van der Waals surface area contributed by atoms with Gasteiger partial charge in [-0.25, -0.2) is 4.98 Å². The molecule has 2 aromatic rings. The van der Waals surface area contributed by atoms with Crippen LogP contribution in [0.1, 0.15) is 11.1 Å². The highest BCUT2D eigenvalue weighted by atomic mass is 16.3. The third-order valence-electron chi connectivity index (χ3n) is 2.19.